The van der Waals surface area contributed by atoms with Gasteiger partial charge in [0.1, 0.15) is 5.75 Å². The number of hydrogen-bond donors (Lipinski definition) is 2. The zero-order valence-corrected chi connectivity index (χ0v) is 17.2. The zero-order valence-electron chi connectivity index (χ0n) is 16.4. The van der Waals surface area contributed by atoms with Crippen LogP contribution in [0.2, 0.25) is 0 Å². The number of anilines is 2. The van der Waals surface area contributed by atoms with Gasteiger partial charge in [-0.05, 0) is 73.5 Å². The molecule has 0 aliphatic rings. The van der Waals surface area contributed by atoms with Gasteiger partial charge in [0.25, 0.3) is 15.9 Å². The minimum Gasteiger partial charge on any atom is -0.495 e. The summed E-state index contributed by atoms with van der Waals surface area (Å²) in [4.78, 5) is 12.5. The third kappa shape index (κ3) is 4.94. The highest BCUT2D eigenvalue weighted by Gasteiger charge is 2.17. The molecule has 6 nitrogen and oxygen atoms in total. The number of sulfonamides is 1. The number of nitrogens with one attached hydrogen (secondary N) is 2. The fraction of sp³-hybridized carbons (Fsp3) is 0.136. The number of aryl methyl sites for hydroxylation is 2. The highest BCUT2D eigenvalue weighted by Crippen LogP contribution is 2.26. The second-order valence-corrected chi connectivity index (χ2v) is 8.34. The molecular formula is C22H22N2O4S. The summed E-state index contributed by atoms with van der Waals surface area (Å²) in [5.74, 6) is 0.108. The van der Waals surface area contributed by atoms with Crippen LogP contribution in [0.25, 0.3) is 0 Å². The van der Waals surface area contributed by atoms with Crippen LogP contribution in [0.5, 0.6) is 5.75 Å². The van der Waals surface area contributed by atoms with E-state index in [1.807, 2.05) is 32.0 Å². The molecule has 150 valence electrons. The highest BCUT2D eigenvalue weighted by molar-refractivity contribution is 7.92. The number of benzene rings is 3. The smallest absolute Gasteiger partial charge is 0.262 e. The maximum atomic E-state index is 12.6. The van der Waals surface area contributed by atoms with E-state index in [-0.39, 0.29) is 10.8 Å². The molecule has 29 heavy (non-hydrogen) atoms. The van der Waals surface area contributed by atoms with Gasteiger partial charge in [-0.15, -0.1) is 0 Å². The lowest BCUT2D eigenvalue weighted by Crippen LogP contribution is -2.15. The van der Waals surface area contributed by atoms with Crippen molar-refractivity contribution in [1.29, 1.82) is 0 Å². The number of hydrogen-bond acceptors (Lipinski definition) is 4. The molecule has 2 N–H and O–H groups in total. The number of amides is 1. The lowest BCUT2D eigenvalue weighted by Gasteiger charge is -2.12. The molecule has 3 rings (SSSR count). The van der Waals surface area contributed by atoms with E-state index in [0.29, 0.717) is 22.7 Å². The normalized spacial score (nSPS) is 11.0. The van der Waals surface area contributed by atoms with Crippen LogP contribution in [-0.4, -0.2) is 21.4 Å². The largest absolute Gasteiger partial charge is 0.495 e. The Morgan fingerprint density at radius 3 is 2.14 bits per heavy atom. The van der Waals surface area contributed by atoms with Crippen molar-refractivity contribution < 1.29 is 17.9 Å². The van der Waals surface area contributed by atoms with E-state index < -0.39 is 10.0 Å². The van der Waals surface area contributed by atoms with Crippen LogP contribution in [0.15, 0.2) is 71.6 Å². The van der Waals surface area contributed by atoms with E-state index in [2.05, 4.69) is 10.0 Å². The predicted octanol–water partition coefficient (Wildman–Crippen LogP) is 4.37. The van der Waals surface area contributed by atoms with Crippen LogP contribution >= 0.6 is 0 Å². The molecule has 0 fully saturated rings. The summed E-state index contributed by atoms with van der Waals surface area (Å²) < 4.78 is 33.0. The fourth-order valence-electron chi connectivity index (χ4n) is 2.97. The molecular weight excluding hydrogens is 388 g/mol. The Morgan fingerprint density at radius 2 is 1.52 bits per heavy atom. The number of carbonyl (C=O) groups is 1. The van der Waals surface area contributed by atoms with Gasteiger partial charge >= 0.3 is 0 Å². The Balaban J connectivity index is 1.77. The molecule has 0 unspecified atom stereocenters. The average Bonchev–Trinajstić information content (AvgIpc) is 2.67. The summed E-state index contributed by atoms with van der Waals surface area (Å²) in [5, 5.41) is 2.83. The van der Waals surface area contributed by atoms with Gasteiger partial charge in [-0.2, -0.15) is 0 Å². The first kappa shape index (κ1) is 20.4. The molecule has 0 saturated heterocycles. The van der Waals surface area contributed by atoms with E-state index in [1.54, 1.807) is 24.3 Å². The first-order valence-electron chi connectivity index (χ1n) is 8.94. The second kappa shape index (κ2) is 8.36. The van der Waals surface area contributed by atoms with Crippen molar-refractivity contribution >= 4 is 27.3 Å². The van der Waals surface area contributed by atoms with E-state index in [9.17, 15) is 13.2 Å². The van der Waals surface area contributed by atoms with Crippen LogP contribution in [-0.2, 0) is 10.0 Å². The second-order valence-electron chi connectivity index (χ2n) is 6.66. The molecule has 0 radical (unpaired) electrons. The van der Waals surface area contributed by atoms with Crippen molar-refractivity contribution in [1.82, 2.24) is 0 Å². The van der Waals surface area contributed by atoms with Gasteiger partial charge in [0.05, 0.1) is 17.7 Å². The van der Waals surface area contributed by atoms with Crippen molar-refractivity contribution in [3.8, 4) is 5.75 Å². The van der Waals surface area contributed by atoms with E-state index in [1.165, 1.54) is 31.4 Å². The van der Waals surface area contributed by atoms with Gasteiger partial charge in [0.15, 0.2) is 0 Å². The van der Waals surface area contributed by atoms with Crippen molar-refractivity contribution in [3.63, 3.8) is 0 Å². The molecule has 0 aromatic heterocycles. The van der Waals surface area contributed by atoms with Crippen LogP contribution in [0, 0.1) is 13.8 Å². The van der Waals surface area contributed by atoms with E-state index in [0.717, 1.165) is 11.1 Å². The molecule has 3 aromatic rings. The summed E-state index contributed by atoms with van der Waals surface area (Å²) in [6, 6.07) is 18.3. The molecule has 0 atom stereocenters. The minimum atomic E-state index is -3.82. The molecule has 1 amide bonds. The summed E-state index contributed by atoms with van der Waals surface area (Å²) in [5.41, 5.74) is 3.49. The Bertz CT molecular complexity index is 1120. The Hall–Kier alpha value is -3.32. The topological polar surface area (TPSA) is 84.5 Å². The monoisotopic (exact) mass is 410 g/mol. The Kier molecular flexibility index (Phi) is 5.89. The predicted molar refractivity (Wildman–Crippen MR) is 114 cm³/mol. The fourth-order valence-corrected chi connectivity index (χ4v) is 4.04. The first-order chi connectivity index (χ1) is 13.8. The van der Waals surface area contributed by atoms with Crippen molar-refractivity contribution in [2.45, 2.75) is 18.7 Å². The number of rotatable bonds is 6. The molecule has 7 heteroatoms. The average molecular weight is 410 g/mol. The Labute approximate surface area is 170 Å². The van der Waals surface area contributed by atoms with Crippen molar-refractivity contribution in [2.75, 3.05) is 17.1 Å². The molecule has 0 saturated carbocycles. The SMILES string of the molecule is COc1ccccc1NS(=O)(=O)c1ccc(C(=O)Nc2cc(C)cc(C)c2)cc1. The third-order valence-electron chi connectivity index (χ3n) is 4.26. The van der Waals surface area contributed by atoms with Gasteiger partial charge in [0, 0.05) is 11.3 Å². The number of methoxy groups -OCH3 is 1. The maximum Gasteiger partial charge on any atom is 0.262 e. The van der Waals surface area contributed by atoms with E-state index >= 15 is 0 Å². The molecule has 0 bridgehead atoms. The van der Waals surface area contributed by atoms with Crippen molar-refractivity contribution in [3.05, 3.63) is 83.4 Å². The molecule has 0 heterocycles. The summed E-state index contributed by atoms with van der Waals surface area (Å²) in [6.45, 7) is 3.91. The first-order valence-corrected chi connectivity index (χ1v) is 10.4. The van der Waals surface area contributed by atoms with Gasteiger partial charge in [-0.3, -0.25) is 9.52 Å². The van der Waals surface area contributed by atoms with Crippen LogP contribution in [0.3, 0.4) is 0 Å². The highest BCUT2D eigenvalue weighted by atomic mass is 32.2. The number of ether oxygens (including phenoxy) is 1. The van der Waals surface area contributed by atoms with Crippen LogP contribution in [0.1, 0.15) is 21.5 Å². The lowest BCUT2D eigenvalue weighted by atomic mass is 10.1. The van der Waals surface area contributed by atoms with Gasteiger partial charge in [0.2, 0.25) is 0 Å². The van der Waals surface area contributed by atoms with Gasteiger partial charge in [-0.25, -0.2) is 8.42 Å². The number of carbonyl (C=O) groups excluding carboxylic acids is 1. The zero-order chi connectivity index (χ0) is 21.0. The van der Waals surface area contributed by atoms with Crippen LogP contribution in [0.4, 0.5) is 11.4 Å². The summed E-state index contributed by atoms with van der Waals surface area (Å²) in [6.07, 6.45) is 0. The quantitative estimate of drug-likeness (QED) is 0.632. The molecule has 0 aliphatic heterocycles. The van der Waals surface area contributed by atoms with Crippen molar-refractivity contribution in [2.24, 2.45) is 0 Å². The molecule has 0 aliphatic carbocycles. The van der Waals surface area contributed by atoms with Gasteiger partial charge in [-0.1, -0.05) is 18.2 Å². The summed E-state index contributed by atoms with van der Waals surface area (Å²) in [7, 11) is -2.35. The standard InChI is InChI=1S/C22H22N2O4S/c1-15-12-16(2)14-18(13-15)23-22(25)17-8-10-19(11-9-17)29(26,27)24-20-6-4-5-7-21(20)28-3/h4-14,24H,1-3H3,(H,23,25). The Morgan fingerprint density at radius 1 is 0.897 bits per heavy atom. The minimum absolute atomic E-state index is 0.0476. The van der Waals surface area contributed by atoms with Gasteiger partial charge < -0.3 is 10.1 Å². The number of para-hydroxylation sites is 2. The molecule has 0 spiro atoms. The molecule has 3 aromatic carbocycles. The van der Waals surface area contributed by atoms with E-state index in [4.69, 9.17) is 4.74 Å². The summed E-state index contributed by atoms with van der Waals surface area (Å²) >= 11 is 0. The van der Waals surface area contributed by atoms with Crippen LogP contribution < -0.4 is 14.8 Å². The third-order valence-corrected chi connectivity index (χ3v) is 5.64. The maximum absolute atomic E-state index is 12.6. The lowest BCUT2D eigenvalue weighted by molar-refractivity contribution is 0.102.